The quantitative estimate of drug-likeness (QED) is 0.666. The Bertz CT molecular complexity index is 575. The molecule has 0 aliphatic rings. The van der Waals surface area contributed by atoms with Gasteiger partial charge >= 0.3 is 0 Å². The van der Waals surface area contributed by atoms with Crippen molar-refractivity contribution in [1.29, 1.82) is 0 Å². The van der Waals surface area contributed by atoms with Crippen molar-refractivity contribution >= 4 is 34.8 Å². The molecule has 0 fully saturated rings. The number of nitrogens with zero attached hydrogens (tertiary/aromatic N) is 1. The number of rotatable bonds is 4. The molecule has 1 heterocycles. The van der Waals surface area contributed by atoms with E-state index in [0.29, 0.717) is 27.2 Å². The van der Waals surface area contributed by atoms with Crippen LogP contribution in [0.3, 0.4) is 0 Å². The zero-order valence-corrected chi connectivity index (χ0v) is 12.2. The van der Waals surface area contributed by atoms with Gasteiger partial charge in [-0.3, -0.25) is 16.3 Å². The van der Waals surface area contributed by atoms with E-state index in [2.05, 4.69) is 10.4 Å². The Morgan fingerprint density at radius 3 is 2.58 bits per heavy atom. The predicted octanol–water partition coefficient (Wildman–Crippen LogP) is 3.79. The van der Waals surface area contributed by atoms with Crippen LogP contribution in [0, 0.1) is 0 Å². The lowest BCUT2D eigenvalue weighted by atomic mass is 10.0. The van der Waals surface area contributed by atoms with Gasteiger partial charge in [-0.25, -0.2) is 0 Å². The van der Waals surface area contributed by atoms with Crippen LogP contribution in [0.5, 0.6) is 0 Å². The van der Waals surface area contributed by atoms with Gasteiger partial charge < -0.3 is 0 Å². The Labute approximate surface area is 126 Å². The Morgan fingerprint density at radius 2 is 1.95 bits per heavy atom. The number of aromatic nitrogens is 1. The molecule has 0 bridgehead atoms. The fraction of sp³-hybridized carbons (Fsp3) is 0.154. The van der Waals surface area contributed by atoms with Crippen LogP contribution in [0.4, 0.5) is 0 Å². The predicted molar refractivity (Wildman–Crippen MR) is 79.5 cm³/mol. The number of nitrogens with one attached hydrogen (secondary N) is 1. The summed E-state index contributed by atoms with van der Waals surface area (Å²) in [7, 11) is 0. The van der Waals surface area contributed by atoms with Gasteiger partial charge in [-0.2, -0.15) is 0 Å². The van der Waals surface area contributed by atoms with Crippen molar-refractivity contribution < 1.29 is 0 Å². The monoisotopic (exact) mass is 315 g/mol. The summed E-state index contributed by atoms with van der Waals surface area (Å²) in [6, 6.07) is 9.01. The van der Waals surface area contributed by atoms with Gasteiger partial charge in [0, 0.05) is 11.2 Å². The molecule has 1 unspecified atom stereocenters. The first-order valence-corrected chi connectivity index (χ1v) is 6.75. The van der Waals surface area contributed by atoms with Crippen LogP contribution in [0.15, 0.2) is 36.5 Å². The molecule has 3 N–H and O–H groups in total. The van der Waals surface area contributed by atoms with Crippen LogP contribution in [-0.2, 0) is 6.42 Å². The number of hydrogen-bond donors (Lipinski definition) is 2. The maximum Gasteiger partial charge on any atom is 0.0777 e. The molecular formula is C13H12Cl3N3. The summed E-state index contributed by atoms with van der Waals surface area (Å²) in [4.78, 5) is 4.23. The molecule has 2 aromatic rings. The molecule has 0 radical (unpaired) electrons. The minimum absolute atomic E-state index is 0.205. The lowest BCUT2D eigenvalue weighted by Gasteiger charge is -2.17. The number of hydrazine groups is 1. The van der Waals surface area contributed by atoms with E-state index in [1.54, 1.807) is 12.3 Å². The fourth-order valence-corrected chi connectivity index (χ4v) is 2.54. The molecule has 0 amide bonds. The Kier molecular flexibility index (Phi) is 5.02. The molecular weight excluding hydrogens is 305 g/mol. The minimum Gasteiger partial charge on any atom is -0.271 e. The molecule has 0 saturated heterocycles. The highest BCUT2D eigenvalue weighted by Crippen LogP contribution is 2.26. The first-order valence-electron chi connectivity index (χ1n) is 5.61. The van der Waals surface area contributed by atoms with Crippen molar-refractivity contribution in [3.05, 3.63) is 62.9 Å². The molecule has 0 aliphatic heterocycles. The molecule has 100 valence electrons. The summed E-state index contributed by atoms with van der Waals surface area (Å²) in [6.45, 7) is 0. The molecule has 2 rings (SSSR count). The first-order chi connectivity index (χ1) is 9.10. The van der Waals surface area contributed by atoms with Crippen molar-refractivity contribution in [1.82, 2.24) is 10.4 Å². The van der Waals surface area contributed by atoms with Crippen molar-refractivity contribution in [2.45, 2.75) is 12.5 Å². The van der Waals surface area contributed by atoms with Gasteiger partial charge in [0.2, 0.25) is 0 Å². The number of halogens is 3. The maximum absolute atomic E-state index is 6.13. The van der Waals surface area contributed by atoms with Crippen LogP contribution in [0.25, 0.3) is 0 Å². The number of benzene rings is 1. The largest absolute Gasteiger partial charge is 0.271 e. The van der Waals surface area contributed by atoms with E-state index in [0.717, 1.165) is 5.56 Å². The van der Waals surface area contributed by atoms with E-state index in [9.17, 15) is 0 Å². The summed E-state index contributed by atoms with van der Waals surface area (Å²) >= 11 is 17.9. The van der Waals surface area contributed by atoms with E-state index >= 15 is 0 Å². The van der Waals surface area contributed by atoms with Gasteiger partial charge in [0.25, 0.3) is 0 Å². The average molecular weight is 317 g/mol. The lowest BCUT2D eigenvalue weighted by Crippen LogP contribution is -2.30. The van der Waals surface area contributed by atoms with Gasteiger partial charge in [-0.05, 0) is 30.2 Å². The molecule has 0 saturated carbocycles. The SMILES string of the molecule is NNC(Cc1cccc(Cl)c1)c1ncc(Cl)cc1Cl. The molecule has 0 spiro atoms. The molecule has 1 aromatic carbocycles. The van der Waals surface area contributed by atoms with E-state index < -0.39 is 0 Å². The summed E-state index contributed by atoms with van der Waals surface area (Å²) in [6.07, 6.45) is 2.18. The van der Waals surface area contributed by atoms with Crippen LogP contribution >= 0.6 is 34.8 Å². The highest BCUT2D eigenvalue weighted by atomic mass is 35.5. The number of pyridine rings is 1. The van der Waals surface area contributed by atoms with E-state index in [1.165, 1.54) is 0 Å². The lowest BCUT2D eigenvalue weighted by molar-refractivity contribution is 0.538. The van der Waals surface area contributed by atoms with Gasteiger partial charge in [-0.1, -0.05) is 46.9 Å². The molecule has 0 aliphatic carbocycles. The second-order valence-electron chi connectivity index (χ2n) is 4.07. The van der Waals surface area contributed by atoms with Crippen molar-refractivity contribution in [2.24, 2.45) is 5.84 Å². The van der Waals surface area contributed by atoms with Crippen molar-refractivity contribution in [2.75, 3.05) is 0 Å². The third kappa shape index (κ3) is 3.81. The minimum atomic E-state index is -0.205. The molecule has 1 atom stereocenters. The van der Waals surface area contributed by atoms with E-state index in [4.69, 9.17) is 40.6 Å². The topological polar surface area (TPSA) is 50.9 Å². The van der Waals surface area contributed by atoms with E-state index in [1.807, 2.05) is 24.3 Å². The number of hydrogen-bond acceptors (Lipinski definition) is 3. The second kappa shape index (κ2) is 6.55. The average Bonchev–Trinajstić information content (AvgIpc) is 2.37. The van der Waals surface area contributed by atoms with Crippen molar-refractivity contribution in [3.63, 3.8) is 0 Å². The standard InChI is InChI=1S/C13H12Cl3N3/c14-9-3-1-2-8(4-9)5-12(19-17)13-11(16)6-10(15)7-18-13/h1-4,6-7,12,19H,5,17H2. The first kappa shape index (κ1) is 14.6. The number of nitrogens with two attached hydrogens (primary N) is 1. The van der Waals surface area contributed by atoms with Gasteiger partial charge in [0.1, 0.15) is 0 Å². The summed E-state index contributed by atoms with van der Waals surface area (Å²) in [5.41, 5.74) is 4.42. The van der Waals surface area contributed by atoms with Gasteiger partial charge in [0.15, 0.2) is 0 Å². The van der Waals surface area contributed by atoms with Crippen LogP contribution < -0.4 is 11.3 Å². The Morgan fingerprint density at radius 1 is 1.16 bits per heavy atom. The van der Waals surface area contributed by atoms with Crippen LogP contribution in [0.1, 0.15) is 17.3 Å². The van der Waals surface area contributed by atoms with E-state index in [-0.39, 0.29) is 6.04 Å². The third-order valence-corrected chi connectivity index (χ3v) is 3.44. The third-order valence-electron chi connectivity index (χ3n) is 2.70. The second-order valence-corrected chi connectivity index (χ2v) is 5.35. The summed E-state index contributed by atoms with van der Waals surface area (Å²) in [5, 5.41) is 1.66. The van der Waals surface area contributed by atoms with Gasteiger partial charge in [-0.15, -0.1) is 0 Å². The smallest absolute Gasteiger partial charge is 0.0777 e. The molecule has 19 heavy (non-hydrogen) atoms. The Hall–Kier alpha value is -0.840. The normalized spacial score (nSPS) is 12.4. The molecule has 3 nitrogen and oxygen atoms in total. The van der Waals surface area contributed by atoms with Crippen LogP contribution in [0.2, 0.25) is 15.1 Å². The summed E-state index contributed by atoms with van der Waals surface area (Å²) in [5.74, 6) is 5.58. The molecule has 1 aromatic heterocycles. The van der Waals surface area contributed by atoms with Crippen molar-refractivity contribution in [3.8, 4) is 0 Å². The zero-order valence-electron chi connectivity index (χ0n) is 9.91. The highest BCUT2D eigenvalue weighted by Gasteiger charge is 2.16. The highest BCUT2D eigenvalue weighted by molar-refractivity contribution is 6.34. The summed E-state index contributed by atoms with van der Waals surface area (Å²) < 4.78 is 0. The molecule has 6 heteroatoms. The Balaban J connectivity index is 2.25. The van der Waals surface area contributed by atoms with Crippen LogP contribution in [-0.4, -0.2) is 4.98 Å². The zero-order chi connectivity index (χ0) is 13.8. The maximum atomic E-state index is 6.13. The van der Waals surface area contributed by atoms with Gasteiger partial charge in [0.05, 0.1) is 21.8 Å². The fourth-order valence-electron chi connectivity index (χ4n) is 1.82.